The summed E-state index contributed by atoms with van der Waals surface area (Å²) in [6.45, 7) is 3.77. The van der Waals surface area contributed by atoms with Crippen LogP contribution in [0.25, 0.3) is 17.5 Å². The Morgan fingerprint density at radius 2 is 2.11 bits per heavy atom. The minimum Gasteiger partial charge on any atom is -0.505 e. The zero-order valence-corrected chi connectivity index (χ0v) is 9.99. The second-order valence-corrected chi connectivity index (χ2v) is 4.85. The van der Waals surface area contributed by atoms with Gasteiger partial charge in [0.05, 0.1) is 16.0 Å². The molecule has 0 bridgehead atoms. The van der Waals surface area contributed by atoms with Crippen LogP contribution in [-0.4, -0.2) is 26.9 Å². The number of phenols is 2. The molecule has 90 valence electrons. The smallest absolute Gasteiger partial charge is 0.256 e. The van der Waals surface area contributed by atoms with E-state index >= 15 is 0 Å². The molecule has 0 saturated carbocycles. The molecule has 2 aromatic rings. The highest BCUT2D eigenvalue weighted by Gasteiger charge is 2.22. The number of amides is 1. The van der Waals surface area contributed by atoms with Crippen LogP contribution in [0.3, 0.4) is 0 Å². The van der Waals surface area contributed by atoms with Gasteiger partial charge in [-0.3, -0.25) is 9.78 Å². The van der Waals surface area contributed by atoms with Gasteiger partial charge in [-0.15, -0.1) is 11.8 Å². The number of aromatic nitrogens is 1. The van der Waals surface area contributed by atoms with Gasteiger partial charge in [-0.05, 0) is 11.3 Å². The third-order valence-corrected chi connectivity index (χ3v) is 3.80. The number of benzene rings is 1. The molecule has 1 aromatic carbocycles. The monoisotopic (exact) mass is 260 g/mol. The van der Waals surface area contributed by atoms with E-state index in [-0.39, 0.29) is 34.0 Å². The molecule has 0 atom stereocenters. The van der Waals surface area contributed by atoms with E-state index in [1.165, 1.54) is 6.20 Å². The zero-order chi connectivity index (χ0) is 12.9. The quantitative estimate of drug-likeness (QED) is 0.666. The summed E-state index contributed by atoms with van der Waals surface area (Å²) in [5, 5.41) is 21.3. The molecule has 6 heteroatoms. The molecule has 1 aromatic heterocycles. The van der Waals surface area contributed by atoms with Gasteiger partial charge < -0.3 is 10.2 Å². The van der Waals surface area contributed by atoms with Crippen molar-refractivity contribution < 1.29 is 15.0 Å². The molecule has 1 amide bonds. The minimum atomic E-state index is -0.337. The number of thioether (sulfide) groups is 1. The van der Waals surface area contributed by atoms with Crippen molar-refractivity contribution in [1.29, 1.82) is 0 Å². The van der Waals surface area contributed by atoms with Crippen molar-refractivity contribution in [2.75, 3.05) is 5.75 Å². The average Bonchev–Trinajstić information content (AvgIpc) is 2.35. The first kappa shape index (κ1) is 11.0. The summed E-state index contributed by atoms with van der Waals surface area (Å²) in [5.74, 6) is -0.410. The Morgan fingerprint density at radius 3 is 2.89 bits per heavy atom. The van der Waals surface area contributed by atoms with Gasteiger partial charge in [0.2, 0.25) is 0 Å². The Bertz CT molecular complexity index is 801. The molecular formula is C12H8N2O3S. The van der Waals surface area contributed by atoms with E-state index in [0.717, 1.165) is 11.8 Å². The number of fused-ring (bicyclic) bond motifs is 2. The largest absolute Gasteiger partial charge is 0.505 e. The Hall–Kier alpha value is -2.08. The standard InChI is InChI=1S/C12H8N2O3S/c1-5-2-3-13-8-7(5)10(16)9-12(11(8)17)18-4-6(15)14-9/h2-3,16-17H,1,4H2. The van der Waals surface area contributed by atoms with Crippen LogP contribution in [0.15, 0.2) is 22.2 Å². The first-order valence-electron chi connectivity index (χ1n) is 5.15. The SMILES string of the molecule is C=c1ccnc2c(O)c3c(c(O)c12)=NC(=O)CS3. The number of pyridine rings is 1. The number of hydrogen-bond donors (Lipinski definition) is 2. The molecule has 0 unspecified atom stereocenters. The van der Waals surface area contributed by atoms with E-state index in [1.54, 1.807) is 6.07 Å². The Kier molecular flexibility index (Phi) is 2.27. The topological polar surface area (TPSA) is 82.8 Å². The van der Waals surface area contributed by atoms with Gasteiger partial charge in [-0.25, -0.2) is 4.99 Å². The number of hydrogen-bond acceptors (Lipinski definition) is 5. The first-order chi connectivity index (χ1) is 8.59. The lowest BCUT2D eigenvalue weighted by atomic mass is 10.1. The van der Waals surface area contributed by atoms with E-state index < -0.39 is 0 Å². The number of phenolic OH excluding ortho intramolecular Hbond substituents is 2. The van der Waals surface area contributed by atoms with E-state index in [0.29, 0.717) is 15.5 Å². The van der Waals surface area contributed by atoms with Crippen LogP contribution < -0.4 is 10.6 Å². The van der Waals surface area contributed by atoms with Crippen LogP contribution in [0.2, 0.25) is 0 Å². The van der Waals surface area contributed by atoms with Gasteiger partial charge in [0.25, 0.3) is 5.91 Å². The van der Waals surface area contributed by atoms with Crippen molar-refractivity contribution in [3.8, 4) is 11.5 Å². The fraction of sp³-hybridized carbons (Fsp3) is 0.0833. The molecule has 0 radical (unpaired) electrons. The number of aromatic hydroxyl groups is 2. The number of nitrogens with zero attached hydrogens (tertiary/aromatic N) is 2. The van der Waals surface area contributed by atoms with Crippen molar-refractivity contribution in [2.24, 2.45) is 4.99 Å². The fourth-order valence-electron chi connectivity index (χ4n) is 1.92. The van der Waals surface area contributed by atoms with E-state index in [4.69, 9.17) is 0 Å². The maximum Gasteiger partial charge on any atom is 0.256 e. The minimum absolute atomic E-state index is 0.0652. The van der Waals surface area contributed by atoms with Crippen molar-refractivity contribution >= 4 is 35.2 Å². The molecule has 0 fully saturated rings. The van der Waals surface area contributed by atoms with Crippen LogP contribution in [0.4, 0.5) is 0 Å². The Balaban J connectivity index is 2.63. The van der Waals surface area contributed by atoms with Crippen molar-refractivity contribution in [3.05, 3.63) is 22.8 Å². The van der Waals surface area contributed by atoms with E-state index in [1.807, 2.05) is 0 Å². The molecule has 3 rings (SSSR count). The molecule has 2 heterocycles. The zero-order valence-electron chi connectivity index (χ0n) is 9.17. The number of carbonyl (C=O) groups is 1. The molecular weight excluding hydrogens is 252 g/mol. The maximum absolute atomic E-state index is 11.3. The Labute approximate surface area is 106 Å². The van der Waals surface area contributed by atoms with Crippen molar-refractivity contribution in [3.63, 3.8) is 0 Å². The fourth-order valence-corrected chi connectivity index (χ4v) is 2.77. The van der Waals surface area contributed by atoms with Crippen LogP contribution in [0.5, 0.6) is 11.5 Å². The summed E-state index contributed by atoms with van der Waals surface area (Å²) in [6, 6.07) is 1.62. The number of carbonyl (C=O) groups excluding carboxylic acids is 1. The summed E-state index contributed by atoms with van der Waals surface area (Å²) >= 11 is 1.14. The molecule has 1 aliphatic rings. The molecule has 0 aliphatic carbocycles. The van der Waals surface area contributed by atoms with Gasteiger partial charge in [0, 0.05) is 6.20 Å². The number of rotatable bonds is 0. The van der Waals surface area contributed by atoms with Crippen molar-refractivity contribution in [2.45, 2.75) is 4.90 Å². The van der Waals surface area contributed by atoms with Gasteiger partial charge in [0.15, 0.2) is 11.5 Å². The highest BCUT2D eigenvalue weighted by atomic mass is 32.2. The maximum atomic E-state index is 11.3. The second-order valence-electron chi connectivity index (χ2n) is 3.86. The average molecular weight is 260 g/mol. The van der Waals surface area contributed by atoms with Gasteiger partial charge in [0.1, 0.15) is 10.9 Å². The van der Waals surface area contributed by atoms with Crippen LogP contribution >= 0.6 is 11.8 Å². The summed E-state index contributed by atoms with van der Waals surface area (Å²) in [5.41, 5.74) is 0.274. The first-order valence-corrected chi connectivity index (χ1v) is 6.14. The van der Waals surface area contributed by atoms with Gasteiger partial charge >= 0.3 is 0 Å². The highest BCUT2D eigenvalue weighted by molar-refractivity contribution is 8.00. The molecule has 0 saturated heterocycles. The lowest BCUT2D eigenvalue weighted by Gasteiger charge is -2.12. The van der Waals surface area contributed by atoms with Crippen molar-refractivity contribution in [1.82, 2.24) is 4.98 Å². The lowest BCUT2D eigenvalue weighted by Crippen LogP contribution is -2.19. The van der Waals surface area contributed by atoms with Gasteiger partial charge in [-0.1, -0.05) is 6.58 Å². The normalized spacial score (nSPS) is 14.3. The van der Waals surface area contributed by atoms with Gasteiger partial charge in [-0.2, -0.15) is 0 Å². The highest BCUT2D eigenvalue weighted by Crippen LogP contribution is 2.35. The Morgan fingerprint density at radius 1 is 1.33 bits per heavy atom. The third kappa shape index (κ3) is 1.39. The molecule has 5 nitrogen and oxygen atoms in total. The molecule has 2 N–H and O–H groups in total. The molecule has 0 spiro atoms. The lowest BCUT2D eigenvalue weighted by molar-refractivity contribution is -0.115. The molecule has 18 heavy (non-hydrogen) atoms. The summed E-state index contributed by atoms with van der Waals surface area (Å²) in [6.07, 6.45) is 1.51. The van der Waals surface area contributed by atoms with E-state index in [9.17, 15) is 15.0 Å². The van der Waals surface area contributed by atoms with E-state index in [2.05, 4.69) is 16.6 Å². The molecule has 1 aliphatic heterocycles. The summed E-state index contributed by atoms with van der Waals surface area (Å²) < 4.78 is 0. The predicted octanol–water partition coefficient (Wildman–Crippen LogP) is 0.308. The van der Waals surface area contributed by atoms with Crippen LogP contribution in [0.1, 0.15) is 0 Å². The third-order valence-electron chi connectivity index (χ3n) is 2.73. The second kappa shape index (κ2) is 3.71. The van der Waals surface area contributed by atoms with Crippen LogP contribution in [-0.2, 0) is 4.79 Å². The summed E-state index contributed by atoms with van der Waals surface area (Å²) in [7, 11) is 0. The predicted molar refractivity (Wildman–Crippen MR) is 67.1 cm³/mol. The van der Waals surface area contributed by atoms with Crippen LogP contribution in [0, 0.1) is 0 Å². The summed E-state index contributed by atoms with van der Waals surface area (Å²) in [4.78, 5) is 19.5.